The molecule has 0 aromatic carbocycles. The molecule has 0 radical (unpaired) electrons. The fourth-order valence-corrected chi connectivity index (χ4v) is 3.37. The Morgan fingerprint density at radius 1 is 1.24 bits per heavy atom. The number of nitrogens with zero attached hydrogens (tertiary/aromatic N) is 2. The first-order valence-electron chi connectivity index (χ1n) is 7.93. The average molecular weight is 431 g/mol. The van der Waals surface area contributed by atoms with E-state index in [2.05, 4.69) is 19.7 Å². The quantitative estimate of drug-likeness (QED) is 0.448. The Balaban J connectivity index is 0.000000941. The largest absolute Gasteiger partial charge is 0.483 e. The fourth-order valence-electron chi connectivity index (χ4n) is 2.38. The standard InChI is InChI=1S/C15H14F3N5O2S.CH2O2/c16-15(17,18)13-7-11-10(3-5-20-14(11)23-13)12-2-1-9(8-21-12)26(24,25)22-6-4-19;2-1-3/h1-3,5,7-8,22H,4,6,19H2,(H,20,23);1H,(H,2,3). The van der Waals surface area contributed by atoms with Crippen molar-refractivity contribution in [2.24, 2.45) is 5.73 Å². The van der Waals surface area contributed by atoms with Gasteiger partial charge in [0.2, 0.25) is 10.0 Å². The van der Waals surface area contributed by atoms with Crippen molar-refractivity contribution < 1.29 is 31.5 Å². The van der Waals surface area contributed by atoms with Crippen molar-refractivity contribution in [1.82, 2.24) is 19.7 Å². The third kappa shape index (κ3) is 5.28. The van der Waals surface area contributed by atoms with E-state index in [4.69, 9.17) is 15.6 Å². The molecule has 3 rings (SSSR count). The molecule has 29 heavy (non-hydrogen) atoms. The van der Waals surface area contributed by atoms with Gasteiger partial charge in [-0.05, 0) is 24.3 Å². The summed E-state index contributed by atoms with van der Waals surface area (Å²) >= 11 is 0. The number of carboxylic acid groups (broad SMARTS) is 1. The van der Waals surface area contributed by atoms with Crippen LogP contribution in [-0.2, 0) is 21.0 Å². The highest BCUT2D eigenvalue weighted by molar-refractivity contribution is 7.89. The number of alkyl halides is 3. The molecule has 0 saturated carbocycles. The number of nitrogens with one attached hydrogen (secondary N) is 2. The second kappa shape index (κ2) is 8.98. The van der Waals surface area contributed by atoms with Crippen molar-refractivity contribution in [1.29, 1.82) is 0 Å². The SMILES string of the molecule is NCCNS(=O)(=O)c1ccc(-c2ccnc3[nH]c(C(F)(F)F)cc23)nc1.O=CO. The van der Waals surface area contributed by atoms with Crippen LogP contribution < -0.4 is 10.5 Å². The Kier molecular flexibility index (Phi) is 6.89. The van der Waals surface area contributed by atoms with E-state index in [1.807, 2.05) is 0 Å². The molecular formula is C16H16F3N5O4S. The van der Waals surface area contributed by atoms with E-state index in [1.165, 1.54) is 24.4 Å². The van der Waals surface area contributed by atoms with Crippen molar-refractivity contribution in [2.75, 3.05) is 13.1 Å². The van der Waals surface area contributed by atoms with Crippen LogP contribution in [0.2, 0.25) is 0 Å². The van der Waals surface area contributed by atoms with Gasteiger partial charge in [0, 0.05) is 36.4 Å². The van der Waals surface area contributed by atoms with Gasteiger partial charge in [-0.3, -0.25) is 9.78 Å². The van der Waals surface area contributed by atoms with E-state index in [9.17, 15) is 21.6 Å². The molecule has 0 amide bonds. The minimum absolute atomic E-state index is 0.0648. The number of hydrogen-bond acceptors (Lipinski definition) is 6. The fraction of sp³-hybridized carbons (Fsp3) is 0.188. The summed E-state index contributed by atoms with van der Waals surface area (Å²) in [6, 6.07) is 5.21. The molecule has 3 aromatic heterocycles. The van der Waals surface area contributed by atoms with Crippen molar-refractivity contribution >= 4 is 27.5 Å². The molecule has 0 aliphatic heterocycles. The lowest BCUT2D eigenvalue weighted by Crippen LogP contribution is -2.29. The van der Waals surface area contributed by atoms with Crippen LogP contribution in [-0.4, -0.2) is 48.0 Å². The van der Waals surface area contributed by atoms with Gasteiger partial charge in [-0.15, -0.1) is 0 Å². The molecule has 0 bridgehead atoms. The van der Waals surface area contributed by atoms with Gasteiger partial charge in [-0.2, -0.15) is 13.2 Å². The van der Waals surface area contributed by atoms with Gasteiger partial charge in [-0.25, -0.2) is 18.1 Å². The minimum atomic E-state index is -4.53. The second-order valence-corrected chi connectivity index (χ2v) is 7.24. The highest BCUT2D eigenvalue weighted by atomic mass is 32.2. The summed E-state index contributed by atoms with van der Waals surface area (Å²) in [6.07, 6.45) is -2.04. The lowest BCUT2D eigenvalue weighted by atomic mass is 10.1. The zero-order chi connectivity index (χ0) is 21.7. The molecule has 0 aliphatic rings. The van der Waals surface area contributed by atoms with Crippen molar-refractivity contribution in [2.45, 2.75) is 11.1 Å². The lowest BCUT2D eigenvalue weighted by molar-refractivity contribution is -0.140. The lowest BCUT2D eigenvalue weighted by Gasteiger charge is -2.07. The molecule has 0 spiro atoms. The van der Waals surface area contributed by atoms with E-state index < -0.39 is 21.9 Å². The molecule has 156 valence electrons. The van der Waals surface area contributed by atoms with Gasteiger partial charge in [-0.1, -0.05) is 0 Å². The molecule has 0 aliphatic carbocycles. The van der Waals surface area contributed by atoms with Gasteiger partial charge in [0.1, 0.15) is 16.2 Å². The molecule has 0 unspecified atom stereocenters. The average Bonchev–Trinajstić information content (AvgIpc) is 3.12. The number of pyridine rings is 2. The molecular weight excluding hydrogens is 415 g/mol. The smallest absolute Gasteiger partial charge is 0.431 e. The number of rotatable bonds is 5. The van der Waals surface area contributed by atoms with E-state index in [0.29, 0.717) is 11.3 Å². The number of carbonyl (C=O) groups is 1. The minimum Gasteiger partial charge on any atom is -0.483 e. The van der Waals surface area contributed by atoms with E-state index in [-0.39, 0.29) is 35.5 Å². The number of aromatic amines is 1. The molecule has 0 saturated heterocycles. The predicted octanol–water partition coefficient (Wildman–Crippen LogP) is 1.58. The Hall–Kier alpha value is -3.03. The molecule has 9 nitrogen and oxygen atoms in total. The van der Waals surface area contributed by atoms with Crippen LogP contribution in [0.1, 0.15) is 5.69 Å². The first-order valence-corrected chi connectivity index (χ1v) is 9.41. The van der Waals surface area contributed by atoms with Gasteiger partial charge in [0.05, 0.1) is 5.69 Å². The summed E-state index contributed by atoms with van der Waals surface area (Å²) in [6.45, 7) is -0.0204. The summed E-state index contributed by atoms with van der Waals surface area (Å²) in [5.74, 6) is 0. The van der Waals surface area contributed by atoms with Crippen LogP contribution in [0.4, 0.5) is 13.2 Å². The van der Waals surface area contributed by atoms with E-state index >= 15 is 0 Å². The van der Waals surface area contributed by atoms with Gasteiger partial charge < -0.3 is 15.8 Å². The maximum absolute atomic E-state index is 12.9. The highest BCUT2D eigenvalue weighted by Gasteiger charge is 2.33. The van der Waals surface area contributed by atoms with Crippen molar-refractivity contribution in [3.05, 3.63) is 42.4 Å². The third-order valence-corrected chi connectivity index (χ3v) is 5.04. The maximum Gasteiger partial charge on any atom is 0.431 e. The molecule has 13 heteroatoms. The topological polar surface area (TPSA) is 151 Å². The first kappa shape index (κ1) is 22.3. The zero-order valence-corrected chi connectivity index (χ0v) is 15.5. The second-order valence-electron chi connectivity index (χ2n) is 5.47. The normalized spacial score (nSPS) is 11.7. The maximum atomic E-state index is 12.9. The zero-order valence-electron chi connectivity index (χ0n) is 14.6. The number of H-pyrrole nitrogens is 1. The van der Waals surface area contributed by atoms with Gasteiger partial charge in [0.15, 0.2) is 0 Å². The number of nitrogens with two attached hydrogens (primary N) is 1. The van der Waals surface area contributed by atoms with Crippen LogP contribution in [0.3, 0.4) is 0 Å². The summed E-state index contributed by atoms with van der Waals surface area (Å²) < 4.78 is 65.0. The summed E-state index contributed by atoms with van der Waals surface area (Å²) in [5.41, 5.74) is 5.14. The molecule has 0 atom stereocenters. The highest BCUT2D eigenvalue weighted by Crippen LogP contribution is 2.34. The van der Waals surface area contributed by atoms with Crippen LogP contribution in [0, 0.1) is 0 Å². The molecule has 0 fully saturated rings. The van der Waals surface area contributed by atoms with Crippen molar-refractivity contribution in [3.8, 4) is 11.3 Å². The Morgan fingerprint density at radius 3 is 2.48 bits per heavy atom. The number of halogens is 3. The van der Waals surface area contributed by atoms with Gasteiger partial charge >= 0.3 is 6.18 Å². The number of sulfonamides is 1. The number of aromatic nitrogens is 3. The molecule has 5 N–H and O–H groups in total. The summed E-state index contributed by atoms with van der Waals surface area (Å²) in [5, 5.41) is 7.13. The summed E-state index contributed by atoms with van der Waals surface area (Å²) in [7, 11) is -3.74. The Labute approximate surface area is 162 Å². The Morgan fingerprint density at radius 2 is 1.93 bits per heavy atom. The van der Waals surface area contributed by atoms with E-state index in [1.54, 1.807) is 0 Å². The predicted molar refractivity (Wildman–Crippen MR) is 97.3 cm³/mol. The first-order chi connectivity index (χ1) is 13.6. The summed E-state index contributed by atoms with van der Waals surface area (Å²) in [4.78, 5) is 18.5. The number of fused-ring (bicyclic) bond motifs is 1. The monoisotopic (exact) mass is 431 g/mol. The molecule has 3 aromatic rings. The van der Waals surface area contributed by atoms with Crippen molar-refractivity contribution in [3.63, 3.8) is 0 Å². The van der Waals surface area contributed by atoms with Crippen LogP contribution in [0.5, 0.6) is 0 Å². The van der Waals surface area contributed by atoms with Crippen LogP contribution in [0.25, 0.3) is 22.3 Å². The Bertz CT molecular complexity index is 1080. The van der Waals surface area contributed by atoms with Crippen LogP contribution in [0.15, 0.2) is 41.6 Å². The third-order valence-electron chi connectivity index (χ3n) is 3.60. The number of hydrogen-bond donors (Lipinski definition) is 4. The van der Waals surface area contributed by atoms with E-state index in [0.717, 1.165) is 12.3 Å². The van der Waals surface area contributed by atoms with Crippen LogP contribution >= 0.6 is 0 Å². The van der Waals surface area contributed by atoms with Gasteiger partial charge in [0.25, 0.3) is 6.47 Å². The molecule has 3 heterocycles.